The second-order valence-electron chi connectivity index (χ2n) is 7.39. The molecule has 0 atom stereocenters. The first kappa shape index (κ1) is 17.6. The molecular weight excluding hydrogens is 304 g/mol. The number of hydrogen-bond donors (Lipinski definition) is 1. The van der Waals surface area contributed by atoms with Crippen LogP contribution in [0.3, 0.4) is 0 Å². The van der Waals surface area contributed by atoms with Gasteiger partial charge >= 0.3 is 0 Å². The van der Waals surface area contributed by atoms with Gasteiger partial charge in [-0.3, -0.25) is 0 Å². The summed E-state index contributed by atoms with van der Waals surface area (Å²) in [6.45, 7) is 13.0. The van der Waals surface area contributed by atoms with E-state index < -0.39 is 0 Å². The van der Waals surface area contributed by atoms with Crippen LogP contribution in [0, 0.1) is 6.92 Å². The average molecular weight is 335 g/mol. The van der Waals surface area contributed by atoms with Crippen molar-refractivity contribution in [3.8, 4) is 11.1 Å². The fourth-order valence-electron chi connectivity index (χ4n) is 3.89. The standard InChI is InChI=1S/C23H30N2/c1-16(2)23-14-19(21-10-7-6-9-17(21)3)13-20-15-25(18(4)24-5)12-8-11-22(20)23/h6-7,9-10,13-14,16,24H,4,8,11-12,15H2,1-3,5H3. The maximum atomic E-state index is 4.18. The zero-order chi connectivity index (χ0) is 18.0. The molecule has 0 unspecified atom stereocenters. The van der Waals surface area contributed by atoms with Crippen LogP contribution in [-0.4, -0.2) is 18.5 Å². The Morgan fingerprint density at radius 1 is 1.20 bits per heavy atom. The Morgan fingerprint density at radius 2 is 1.96 bits per heavy atom. The van der Waals surface area contributed by atoms with Crippen molar-refractivity contribution in [3.63, 3.8) is 0 Å². The smallest absolute Gasteiger partial charge is 0.0939 e. The molecule has 2 heteroatoms. The van der Waals surface area contributed by atoms with Gasteiger partial charge < -0.3 is 10.2 Å². The van der Waals surface area contributed by atoms with Crippen molar-refractivity contribution in [1.82, 2.24) is 10.2 Å². The third kappa shape index (κ3) is 3.58. The zero-order valence-electron chi connectivity index (χ0n) is 16.0. The van der Waals surface area contributed by atoms with Crippen molar-refractivity contribution >= 4 is 0 Å². The van der Waals surface area contributed by atoms with Gasteiger partial charge in [-0.25, -0.2) is 0 Å². The van der Waals surface area contributed by atoms with Gasteiger partial charge in [0, 0.05) is 20.1 Å². The van der Waals surface area contributed by atoms with E-state index in [9.17, 15) is 0 Å². The Kier molecular flexibility index (Phi) is 5.17. The van der Waals surface area contributed by atoms with Gasteiger partial charge in [0.1, 0.15) is 0 Å². The highest BCUT2D eigenvalue weighted by Gasteiger charge is 2.20. The summed E-state index contributed by atoms with van der Waals surface area (Å²) in [5.41, 5.74) is 8.54. The Bertz CT molecular complexity index is 774. The molecule has 2 nitrogen and oxygen atoms in total. The van der Waals surface area contributed by atoms with Gasteiger partial charge in [0.05, 0.1) is 5.82 Å². The van der Waals surface area contributed by atoms with Crippen molar-refractivity contribution in [1.29, 1.82) is 0 Å². The highest BCUT2D eigenvalue weighted by atomic mass is 15.2. The summed E-state index contributed by atoms with van der Waals surface area (Å²) in [6.07, 6.45) is 2.33. The van der Waals surface area contributed by atoms with E-state index in [0.29, 0.717) is 5.92 Å². The van der Waals surface area contributed by atoms with E-state index in [4.69, 9.17) is 0 Å². The molecule has 2 aromatic rings. The van der Waals surface area contributed by atoms with E-state index in [1.54, 1.807) is 5.56 Å². The van der Waals surface area contributed by atoms with E-state index in [0.717, 1.165) is 25.3 Å². The van der Waals surface area contributed by atoms with E-state index in [2.05, 4.69) is 74.0 Å². The van der Waals surface area contributed by atoms with Gasteiger partial charge in [-0.2, -0.15) is 0 Å². The lowest BCUT2D eigenvalue weighted by Crippen LogP contribution is -2.28. The molecule has 0 bridgehead atoms. The summed E-state index contributed by atoms with van der Waals surface area (Å²) in [4.78, 5) is 2.37. The molecule has 1 aliphatic rings. The molecule has 0 spiro atoms. The highest BCUT2D eigenvalue weighted by Crippen LogP contribution is 2.34. The molecule has 0 fully saturated rings. The molecule has 0 amide bonds. The zero-order valence-corrected chi connectivity index (χ0v) is 16.0. The van der Waals surface area contributed by atoms with Gasteiger partial charge in [0.15, 0.2) is 0 Å². The van der Waals surface area contributed by atoms with Crippen molar-refractivity contribution in [2.45, 2.75) is 46.1 Å². The van der Waals surface area contributed by atoms with Crippen LogP contribution in [0.5, 0.6) is 0 Å². The Balaban J connectivity index is 2.12. The summed E-state index contributed by atoms with van der Waals surface area (Å²) in [7, 11) is 1.96. The molecule has 2 aromatic carbocycles. The molecule has 0 aromatic heterocycles. The summed E-state index contributed by atoms with van der Waals surface area (Å²) in [6, 6.07) is 13.5. The van der Waals surface area contributed by atoms with Crippen molar-refractivity contribution < 1.29 is 0 Å². The van der Waals surface area contributed by atoms with E-state index >= 15 is 0 Å². The lowest BCUT2D eigenvalue weighted by Gasteiger charge is -2.25. The third-order valence-electron chi connectivity index (χ3n) is 5.34. The number of hydrogen-bond acceptors (Lipinski definition) is 2. The number of rotatable bonds is 4. The Morgan fingerprint density at radius 3 is 2.64 bits per heavy atom. The third-order valence-corrected chi connectivity index (χ3v) is 5.34. The lowest BCUT2D eigenvalue weighted by molar-refractivity contribution is 0.324. The molecular formula is C23H30N2. The predicted molar refractivity (Wildman–Crippen MR) is 108 cm³/mol. The fraction of sp³-hybridized carbons (Fsp3) is 0.391. The first-order valence-corrected chi connectivity index (χ1v) is 9.34. The van der Waals surface area contributed by atoms with Crippen LogP contribution in [0.2, 0.25) is 0 Å². The van der Waals surface area contributed by atoms with Gasteiger partial charge in [-0.15, -0.1) is 0 Å². The van der Waals surface area contributed by atoms with Crippen LogP contribution in [0.15, 0.2) is 48.8 Å². The fourth-order valence-corrected chi connectivity index (χ4v) is 3.89. The molecule has 0 radical (unpaired) electrons. The minimum Gasteiger partial charge on any atom is -0.375 e. The van der Waals surface area contributed by atoms with Crippen molar-refractivity contribution in [3.05, 3.63) is 71.1 Å². The lowest BCUT2D eigenvalue weighted by atomic mass is 9.86. The van der Waals surface area contributed by atoms with Gasteiger partial charge in [-0.1, -0.05) is 50.8 Å². The number of nitrogens with one attached hydrogen (secondary N) is 1. The van der Waals surface area contributed by atoms with Crippen LogP contribution in [0.1, 0.15) is 48.4 Å². The number of aryl methyl sites for hydroxylation is 1. The van der Waals surface area contributed by atoms with Crippen LogP contribution in [0.25, 0.3) is 11.1 Å². The van der Waals surface area contributed by atoms with Crippen LogP contribution in [-0.2, 0) is 13.0 Å². The summed E-state index contributed by atoms with van der Waals surface area (Å²) < 4.78 is 0. The normalized spacial score (nSPS) is 14.2. The SMILES string of the molecule is C=C(NC)N1CCCc2c(cc(-c3ccccc3C)cc2C(C)C)C1. The van der Waals surface area contributed by atoms with Gasteiger partial charge in [-0.05, 0) is 65.1 Å². The quantitative estimate of drug-likeness (QED) is 0.824. The second kappa shape index (κ2) is 7.35. The number of benzene rings is 2. The second-order valence-corrected chi connectivity index (χ2v) is 7.39. The molecule has 0 aliphatic carbocycles. The van der Waals surface area contributed by atoms with Crippen molar-refractivity contribution in [2.24, 2.45) is 0 Å². The Labute approximate surface area is 152 Å². The molecule has 1 heterocycles. The van der Waals surface area contributed by atoms with Crippen molar-refractivity contribution in [2.75, 3.05) is 13.6 Å². The maximum Gasteiger partial charge on any atom is 0.0939 e. The molecule has 132 valence electrons. The predicted octanol–water partition coefficient (Wildman–Crippen LogP) is 5.22. The minimum absolute atomic E-state index is 0.539. The van der Waals surface area contributed by atoms with E-state index in [-0.39, 0.29) is 0 Å². The molecule has 1 N–H and O–H groups in total. The molecule has 0 saturated carbocycles. The van der Waals surface area contributed by atoms with Gasteiger partial charge in [0.2, 0.25) is 0 Å². The van der Waals surface area contributed by atoms with Gasteiger partial charge in [0.25, 0.3) is 0 Å². The van der Waals surface area contributed by atoms with Crippen LogP contribution < -0.4 is 5.32 Å². The number of fused-ring (bicyclic) bond motifs is 1. The molecule has 1 aliphatic heterocycles. The minimum atomic E-state index is 0.539. The van der Waals surface area contributed by atoms with Crippen LogP contribution in [0.4, 0.5) is 0 Å². The average Bonchev–Trinajstić information content (AvgIpc) is 2.82. The first-order valence-electron chi connectivity index (χ1n) is 9.34. The van der Waals surface area contributed by atoms with Crippen LogP contribution >= 0.6 is 0 Å². The largest absolute Gasteiger partial charge is 0.375 e. The molecule has 3 rings (SSSR count). The summed E-state index contributed by atoms with van der Waals surface area (Å²) in [5, 5.41) is 3.22. The topological polar surface area (TPSA) is 15.3 Å². The molecule has 25 heavy (non-hydrogen) atoms. The highest BCUT2D eigenvalue weighted by molar-refractivity contribution is 5.70. The first-order chi connectivity index (χ1) is 12.0. The van der Waals surface area contributed by atoms with E-state index in [1.165, 1.54) is 34.2 Å². The monoisotopic (exact) mass is 334 g/mol. The number of nitrogens with zero attached hydrogens (tertiary/aromatic N) is 1. The Hall–Kier alpha value is -2.22. The summed E-state index contributed by atoms with van der Waals surface area (Å²) >= 11 is 0. The van der Waals surface area contributed by atoms with E-state index in [1.807, 2.05) is 7.05 Å². The summed E-state index contributed by atoms with van der Waals surface area (Å²) in [5.74, 6) is 1.55. The maximum absolute atomic E-state index is 4.18. The molecule has 0 saturated heterocycles.